The monoisotopic (exact) mass is 905 g/mol. The molecule has 0 fully saturated rings. The van der Waals surface area contributed by atoms with Crippen molar-refractivity contribution in [2.24, 2.45) is 0 Å². The quantitative estimate of drug-likeness (QED) is 0.155. The van der Waals surface area contributed by atoms with Crippen LogP contribution in [0.4, 0.5) is 28.4 Å². The molecule has 0 unspecified atom stereocenters. The molecule has 0 bridgehead atoms. The average molecular weight is 905 g/mol. The van der Waals surface area contributed by atoms with Crippen molar-refractivity contribution < 1.29 is 4.42 Å². The molecule has 2 aliphatic heterocycles. The summed E-state index contributed by atoms with van der Waals surface area (Å²) >= 11 is 0. The number of hydrogen-bond donors (Lipinski definition) is 0. The molecule has 2 aliphatic carbocycles. The van der Waals surface area contributed by atoms with Crippen LogP contribution in [0.5, 0.6) is 0 Å². The van der Waals surface area contributed by atoms with Crippen molar-refractivity contribution in [2.75, 3.05) is 9.71 Å². The average Bonchev–Trinajstić information content (AvgIpc) is 3.69. The van der Waals surface area contributed by atoms with Gasteiger partial charge in [0.05, 0.1) is 5.69 Å². The van der Waals surface area contributed by atoms with E-state index in [1.54, 1.807) is 0 Å². The number of benzene rings is 7. The zero-order valence-electron chi connectivity index (χ0n) is 43.3. The lowest BCUT2D eigenvalue weighted by molar-refractivity contribution is 0.332. The predicted molar refractivity (Wildman–Crippen MR) is 296 cm³/mol. The Balaban J connectivity index is 1.25. The molecule has 7 aromatic carbocycles. The van der Waals surface area contributed by atoms with E-state index in [0.717, 1.165) is 36.9 Å². The van der Waals surface area contributed by atoms with Crippen molar-refractivity contribution in [1.29, 1.82) is 0 Å². The van der Waals surface area contributed by atoms with Gasteiger partial charge in [0.1, 0.15) is 11.2 Å². The van der Waals surface area contributed by atoms with E-state index in [9.17, 15) is 0 Å². The Bertz CT molecular complexity index is 3410. The molecule has 0 saturated carbocycles. The van der Waals surface area contributed by atoms with Gasteiger partial charge in [-0.15, -0.1) is 0 Å². The highest BCUT2D eigenvalue weighted by atomic mass is 16.3. The molecule has 0 spiro atoms. The third kappa shape index (κ3) is 6.67. The van der Waals surface area contributed by atoms with Crippen molar-refractivity contribution in [3.63, 3.8) is 0 Å². The molecule has 69 heavy (non-hydrogen) atoms. The van der Waals surface area contributed by atoms with Crippen LogP contribution in [0.2, 0.25) is 0 Å². The summed E-state index contributed by atoms with van der Waals surface area (Å²) < 4.78 is 7.75. The Morgan fingerprint density at radius 2 is 1.14 bits per heavy atom. The van der Waals surface area contributed by atoms with E-state index in [4.69, 9.17) is 4.42 Å². The Hall–Kier alpha value is -6.00. The molecule has 0 amide bonds. The summed E-state index contributed by atoms with van der Waals surface area (Å²) in [5, 5.41) is 3.69. The lowest BCUT2D eigenvalue weighted by atomic mass is 9.45. The summed E-state index contributed by atoms with van der Waals surface area (Å²) in [4.78, 5) is 5.33. The maximum absolute atomic E-state index is 7.75. The highest BCUT2D eigenvalue weighted by Gasteiger charge is 2.50. The molecule has 1 aromatic heterocycles. The van der Waals surface area contributed by atoms with Gasteiger partial charge >= 0.3 is 6.85 Å². The van der Waals surface area contributed by atoms with E-state index in [1.807, 2.05) is 0 Å². The number of nitrogens with zero attached hydrogens (tertiary/aromatic N) is 2. The van der Waals surface area contributed by atoms with Gasteiger partial charge in [0.2, 0.25) is 0 Å². The minimum absolute atomic E-state index is 0.0248. The number of aryl methyl sites for hydroxylation is 4. The smallest absolute Gasteiger partial charge is 0.375 e. The summed E-state index contributed by atoms with van der Waals surface area (Å²) in [6.07, 6.45) is 8.09. The summed E-state index contributed by atoms with van der Waals surface area (Å²) in [7, 11) is 0. The molecule has 4 heteroatoms. The number of unbranched alkanes of at least 4 members (excludes halogenated alkanes) is 1. The van der Waals surface area contributed by atoms with Gasteiger partial charge in [-0.3, -0.25) is 0 Å². The standard InChI is InChI=1S/C65H69BN2O/c1-13-14-20-42-23-25-46(26-24-42)68-55-34-44-22-16-15-21-43(44)32-47(55)48-33-45(58-39(2)18-17-19-40(58)3)35-56-59(48)66(68)61-60(49-36-51-53(38-57(49)69-61)65(11,12)30-28-63(51,7)8)67(56)54-37-52-50(31-41(54)4)62(5,6)27-29-64(52,9)10/h15-19,21-26,31-38H,13-14,20,27-30H2,1-12H3. The highest BCUT2D eigenvalue weighted by molar-refractivity contribution is 6.93. The third-order valence-corrected chi connectivity index (χ3v) is 17.7. The number of fused-ring (bicyclic) bond motifs is 9. The minimum Gasteiger partial charge on any atom is -0.466 e. The van der Waals surface area contributed by atoms with Crippen molar-refractivity contribution in [3.05, 3.63) is 160 Å². The van der Waals surface area contributed by atoms with Crippen LogP contribution < -0.4 is 20.8 Å². The molecular weight excluding hydrogens is 836 g/mol. The maximum Gasteiger partial charge on any atom is 0.375 e. The van der Waals surface area contributed by atoms with Crippen LogP contribution in [-0.2, 0) is 28.1 Å². The molecule has 0 radical (unpaired) electrons. The van der Waals surface area contributed by atoms with Crippen LogP contribution in [0.25, 0.3) is 44.0 Å². The van der Waals surface area contributed by atoms with Gasteiger partial charge < -0.3 is 14.1 Å². The summed E-state index contributed by atoms with van der Waals surface area (Å²) in [5.41, 5.74) is 25.8. The predicted octanol–water partition coefficient (Wildman–Crippen LogP) is 16.9. The van der Waals surface area contributed by atoms with Gasteiger partial charge in [0, 0.05) is 33.7 Å². The van der Waals surface area contributed by atoms with E-state index in [0.29, 0.717) is 0 Å². The fourth-order valence-corrected chi connectivity index (χ4v) is 13.3. The lowest BCUT2D eigenvalue weighted by Gasteiger charge is -2.46. The van der Waals surface area contributed by atoms with E-state index in [-0.39, 0.29) is 28.5 Å². The zero-order valence-corrected chi connectivity index (χ0v) is 43.3. The Morgan fingerprint density at radius 1 is 0.551 bits per heavy atom. The van der Waals surface area contributed by atoms with Crippen molar-refractivity contribution >= 4 is 68.1 Å². The summed E-state index contributed by atoms with van der Waals surface area (Å²) in [6, 6.07) is 45.4. The number of anilines is 5. The second-order valence-corrected chi connectivity index (χ2v) is 24.2. The van der Waals surface area contributed by atoms with Crippen molar-refractivity contribution in [1.82, 2.24) is 0 Å². The number of rotatable bonds is 6. The summed E-state index contributed by atoms with van der Waals surface area (Å²) in [5.74, 6) is 0. The molecule has 0 N–H and O–H groups in total. The first-order valence-electron chi connectivity index (χ1n) is 26.1. The largest absolute Gasteiger partial charge is 0.466 e. The molecular formula is C65H69BN2O. The summed E-state index contributed by atoms with van der Waals surface area (Å²) in [6.45, 7) is 28.6. The third-order valence-electron chi connectivity index (χ3n) is 17.7. The first-order chi connectivity index (χ1) is 32.9. The van der Waals surface area contributed by atoms with E-state index < -0.39 is 0 Å². The van der Waals surface area contributed by atoms with Gasteiger partial charge in [-0.05, 0) is 213 Å². The number of hydrogen-bond acceptors (Lipinski definition) is 3. The van der Waals surface area contributed by atoms with Crippen LogP contribution in [0, 0.1) is 20.8 Å². The second kappa shape index (κ2) is 15.3. The van der Waals surface area contributed by atoms with E-state index in [1.165, 1.54) is 136 Å². The maximum atomic E-state index is 7.75. The molecule has 0 saturated heterocycles. The van der Waals surface area contributed by atoms with Crippen LogP contribution in [0.15, 0.2) is 120 Å². The molecule has 3 nitrogen and oxygen atoms in total. The fraction of sp³-hybridized carbons (Fsp3) is 0.354. The van der Waals surface area contributed by atoms with Gasteiger partial charge in [-0.1, -0.05) is 129 Å². The SMILES string of the molecule is CCCCc1ccc(N2B3c4oc5cc6c(cc5c4N(c4cc5c(cc4C)C(C)(C)CCC5(C)C)c4cc(-c5c(C)cccc5C)cc(c43)-c3cc4ccccc4cc32)C(C)(C)CCC6(C)C)cc1. The van der Waals surface area contributed by atoms with E-state index >= 15 is 0 Å². The highest BCUT2D eigenvalue weighted by Crippen LogP contribution is 2.56. The van der Waals surface area contributed by atoms with Gasteiger partial charge in [0.15, 0.2) is 0 Å². The minimum atomic E-state index is -0.234. The lowest BCUT2D eigenvalue weighted by Crippen LogP contribution is -2.61. The van der Waals surface area contributed by atoms with Crippen molar-refractivity contribution in [3.8, 4) is 22.3 Å². The van der Waals surface area contributed by atoms with Crippen LogP contribution >= 0.6 is 0 Å². The first-order valence-corrected chi connectivity index (χ1v) is 26.1. The first kappa shape index (κ1) is 44.2. The van der Waals surface area contributed by atoms with Gasteiger partial charge in [0.25, 0.3) is 0 Å². The van der Waals surface area contributed by atoms with Crippen LogP contribution in [0.3, 0.4) is 0 Å². The Morgan fingerprint density at radius 3 is 1.78 bits per heavy atom. The number of furan rings is 1. The molecule has 3 heterocycles. The van der Waals surface area contributed by atoms with Crippen molar-refractivity contribution in [2.45, 2.75) is 150 Å². The Kier molecular flexibility index (Phi) is 9.78. The zero-order chi connectivity index (χ0) is 48.1. The van der Waals surface area contributed by atoms with E-state index in [2.05, 4.69) is 208 Å². The van der Waals surface area contributed by atoms with Crippen LogP contribution in [0.1, 0.15) is 145 Å². The topological polar surface area (TPSA) is 19.6 Å². The molecule has 4 aliphatic rings. The molecule has 8 aromatic rings. The second-order valence-electron chi connectivity index (χ2n) is 24.2. The Labute approximate surface area is 412 Å². The molecule has 348 valence electrons. The fourth-order valence-electron chi connectivity index (χ4n) is 13.3. The molecule has 0 atom stereocenters. The van der Waals surface area contributed by atoms with Gasteiger partial charge in [-0.2, -0.15) is 0 Å². The normalized spacial score (nSPS) is 17.9. The van der Waals surface area contributed by atoms with Crippen LogP contribution in [-0.4, -0.2) is 6.85 Å². The molecule has 12 rings (SSSR count). The van der Waals surface area contributed by atoms with Gasteiger partial charge in [-0.25, -0.2) is 0 Å².